The van der Waals surface area contributed by atoms with E-state index in [-0.39, 0.29) is 11.3 Å². The summed E-state index contributed by atoms with van der Waals surface area (Å²) in [7, 11) is 1.95. The summed E-state index contributed by atoms with van der Waals surface area (Å²) in [6.07, 6.45) is 4.07. The van der Waals surface area contributed by atoms with E-state index in [0.717, 1.165) is 49.9 Å². The van der Waals surface area contributed by atoms with Crippen molar-refractivity contribution in [3.05, 3.63) is 95.9 Å². The molecule has 1 heterocycles. The zero-order valence-corrected chi connectivity index (χ0v) is 26.2. The summed E-state index contributed by atoms with van der Waals surface area (Å²) in [6.45, 7) is 22.5. The highest BCUT2D eigenvalue weighted by Crippen LogP contribution is 2.27. The minimum atomic E-state index is -4.78. The highest BCUT2D eigenvalue weighted by molar-refractivity contribution is 6.01. The van der Waals surface area contributed by atoms with Gasteiger partial charge in [-0.2, -0.15) is 0 Å². The zero-order chi connectivity index (χ0) is 31.4. The van der Waals surface area contributed by atoms with Crippen LogP contribution >= 0.6 is 0 Å². The van der Waals surface area contributed by atoms with Crippen LogP contribution in [0.1, 0.15) is 84.5 Å². The number of nitrogens with zero attached hydrogens (tertiary/aromatic N) is 3. The molecule has 2 aromatic rings. The average Bonchev–Trinajstić information content (AvgIpc) is 2.97. The largest absolute Gasteiger partial charge is 0.573 e. The summed E-state index contributed by atoms with van der Waals surface area (Å²) in [5.74, 6) is 0.166. The van der Waals surface area contributed by atoms with E-state index >= 15 is 0 Å². The lowest BCUT2D eigenvalue weighted by molar-refractivity contribution is -0.274. The van der Waals surface area contributed by atoms with Crippen molar-refractivity contribution < 1.29 is 17.9 Å². The Hall–Kier alpha value is -3.55. The average molecular weight is 575 g/mol. The van der Waals surface area contributed by atoms with Gasteiger partial charge in [-0.15, -0.1) is 13.2 Å². The number of hydrogen-bond donors (Lipinski definition) is 1. The Kier molecular flexibility index (Phi) is 18.6. The highest BCUT2D eigenvalue weighted by atomic mass is 19.4. The Morgan fingerprint density at radius 1 is 1.05 bits per heavy atom. The van der Waals surface area contributed by atoms with E-state index in [1.807, 2.05) is 38.9 Å². The number of unbranched alkanes of at least 4 members (excludes halogenated alkanes) is 2. The Labute approximate surface area is 245 Å². The molecule has 0 aliphatic heterocycles. The number of aliphatic imine (C=N–C) groups is 1. The second-order valence-corrected chi connectivity index (χ2v) is 9.00. The van der Waals surface area contributed by atoms with Crippen molar-refractivity contribution in [1.82, 2.24) is 15.2 Å². The molecule has 8 heteroatoms. The smallest absolute Gasteiger partial charge is 0.405 e. The molecule has 0 aliphatic carbocycles. The first-order valence-corrected chi connectivity index (χ1v) is 14.3. The molecule has 0 atom stereocenters. The quantitative estimate of drug-likeness (QED) is 0.147. The molecule has 0 saturated carbocycles. The number of aryl methyl sites for hydroxylation is 2. The molecule has 0 saturated heterocycles. The van der Waals surface area contributed by atoms with Crippen molar-refractivity contribution in [2.24, 2.45) is 4.99 Å². The van der Waals surface area contributed by atoms with Crippen LogP contribution in [0.25, 0.3) is 0 Å². The summed E-state index contributed by atoms with van der Waals surface area (Å²) in [5, 5.41) is 2.96. The molecule has 5 nitrogen and oxygen atoms in total. The lowest BCUT2D eigenvalue weighted by Gasteiger charge is -2.23. The van der Waals surface area contributed by atoms with E-state index in [9.17, 15) is 13.2 Å². The maximum atomic E-state index is 12.7. The molecule has 228 valence electrons. The van der Waals surface area contributed by atoms with Crippen LogP contribution < -0.4 is 10.1 Å². The highest BCUT2D eigenvalue weighted by Gasteiger charge is 2.32. The fourth-order valence-electron chi connectivity index (χ4n) is 3.56. The van der Waals surface area contributed by atoms with Gasteiger partial charge in [-0.1, -0.05) is 78.8 Å². The van der Waals surface area contributed by atoms with Gasteiger partial charge in [0.15, 0.2) is 0 Å². The van der Waals surface area contributed by atoms with Crippen molar-refractivity contribution in [3.8, 4) is 5.75 Å². The molecule has 0 spiro atoms. The van der Waals surface area contributed by atoms with Crippen LogP contribution in [0.5, 0.6) is 5.75 Å². The van der Waals surface area contributed by atoms with E-state index in [0.29, 0.717) is 11.5 Å². The molecule has 41 heavy (non-hydrogen) atoms. The third kappa shape index (κ3) is 14.6. The maximum absolute atomic E-state index is 12.7. The van der Waals surface area contributed by atoms with Gasteiger partial charge in [0, 0.05) is 42.3 Å². The third-order valence-corrected chi connectivity index (χ3v) is 6.02. The molecule has 1 N–H and O–H groups in total. The van der Waals surface area contributed by atoms with Gasteiger partial charge in [-0.05, 0) is 63.1 Å². The minimum absolute atomic E-state index is 0.253. The van der Waals surface area contributed by atoms with Gasteiger partial charge in [-0.25, -0.2) is 4.99 Å². The molecule has 0 bridgehead atoms. The third-order valence-electron chi connectivity index (χ3n) is 6.02. The topological polar surface area (TPSA) is 49.8 Å². The Morgan fingerprint density at radius 2 is 1.71 bits per heavy atom. The first-order chi connectivity index (χ1) is 19.5. The summed E-state index contributed by atoms with van der Waals surface area (Å²) in [4.78, 5) is 10.8. The predicted molar refractivity (Wildman–Crippen MR) is 167 cm³/mol. The summed E-state index contributed by atoms with van der Waals surface area (Å²) in [6, 6.07) is 10.2. The van der Waals surface area contributed by atoms with Crippen molar-refractivity contribution in [3.63, 3.8) is 0 Å². The normalized spacial score (nSPS) is 11.6. The van der Waals surface area contributed by atoms with E-state index < -0.39 is 6.36 Å². The monoisotopic (exact) mass is 574 g/mol. The van der Waals surface area contributed by atoms with Crippen molar-refractivity contribution in [1.29, 1.82) is 0 Å². The van der Waals surface area contributed by atoms with Crippen LogP contribution in [0, 0.1) is 0 Å². The molecule has 0 fully saturated rings. The van der Waals surface area contributed by atoms with Crippen molar-refractivity contribution in [2.45, 2.75) is 86.9 Å². The Morgan fingerprint density at radius 3 is 2.22 bits per heavy atom. The van der Waals surface area contributed by atoms with Crippen LogP contribution in [-0.4, -0.2) is 35.6 Å². The number of ether oxygens (including phenoxy) is 1. The number of allylic oxidation sites excluding steroid dienone is 1. The van der Waals surface area contributed by atoms with Gasteiger partial charge in [0.05, 0.1) is 5.71 Å². The van der Waals surface area contributed by atoms with Gasteiger partial charge < -0.3 is 15.0 Å². The van der Waals surface area contributed by atoms with Gasteiger partial charge in [0.1, 0.15) is 11.6 Å². The number of nitrogens with one attached hydrogen (secondary N) is 1. The second kappa shape index (κ2) is 20.3. The van der Waals surface area contributed by atoms with E-state index in [2.05, 4.69) is 66.1 Å². The molecule has 0 radical (unpaired) electrons. The van der Waals surface area contributed by atoms with E-state index in [1.54, 1.807) is 13.0 Å². The van der Waals surface area contributed by atoms with E-state index in [4.69, 9.17) is 0 Å². The van der Waals surface area contributed by atoms with Crippen molar-refractivity contribution in [2.75, 3.05) is 13.6 Å². The fraction of sp³-hybridized carbons (Fsp3) is 0.455. The van der Waals surface area contributed by atoms with Gasteiger partial charge in [0.2, 0.25) is 0 Å². The maximum Gasteiger partial charge on any atom is 0.573 e. The number of benzene rings is 1. The Balaban J connectivity index is 0.00000111. The van der Waals surface area contributed by atoms with Crippen LogP contribution in [0.15, 0.2) is 84.0 Å². The number of aromatic nitrogens is 1. The van der Waals surface area contributed by atoms with Gasteiger partial charge in [-0.3, -0.25) is 4.98 Å². The molecule has 1 aromatic carbocycles. The molecule has 1 aromatic heterocycles. The lowest BCUT2D eigenvalue weighted by Crippen LogP contribution is -2.21. The predicted octanol–water partition coefficient (Wildman–Crippen LogP) is 9.23. The molecule has 0 amide bonds. The van der Waals surface area contributed by atoms with Crippen LogP contribution in [0.2, 0.25) is 0 Å². The summed E-state index contributed by atoms with van der Waals surface area (Å²) >= 11 is 0. The second-order valence-electron chi connectivity index (χ2n) is 9.00. The van der Waals surface area contributed by atoms with Crippen molar-refractivity contribution >= 4 is 5.71 Å². The number of alkyl halides is 3. The summed E-state index contributed by atoms with van der Waals surface area (Å²) < 4.78 is 42.2. The first kappa shape index (κ1) is 37.5. The lowest BCUT2D eigenvalue weighted by atomic mass is 10.1. The van der Waals surface area contributed by atoms with Gasteiger partial charge >= 0.3 is 6.36 Å². The molecule has 0 aliphatic rings. The number of rotatable bonds is 13. The minimum Gasteiger partial charge on any atom is -0.405 e. The number of halogens is 3. The SMILES string of the molecule is C=CNC(/N=C(\C)c1ccccc1OC(F)(F)F)=C(/C)C(=C)N(C)CCCCC.CC.CCc1ccc(CC)nc1. The first-order valence-electron chi connectivity index (χ1n) is 14.3. The number of pyridine rings is 1. The Bertz CT molecular complexity index is 1080. The molecular weight excluding hydrogens is 525 g/mol. The zero-order valence-electron chi connectivity index (χ0n) is 26.2. The van der Waals surface area contributed by atoms with E-state index in [1.165, 1.54) is 35.7 Å². The number of likely N-dealkylation sites (N-methyl/N-ethyl adjacent to an activating group) is 1. The van der Waals surface area contributed by atoms with Crippen LogP contribution in [0.4, 0.5) is 13.2 Å². The fourth-order valence-corrected chi connectivity index (χ4v) is 3.56. The molecule has 0 unspecified atom stereocenters. The number of para-hydroxylation sites is 1. The number of hydrogen-bond acceptors (Lipinski definition) is 5. The summed E-state index contributed by atoms with van der Waals surface area (Å²) in [5.41, 5.74) is 4.67. The molecular formula is C33H49F3N4O. The van der Waals surface area contributed by atoms with Gasteiger partial charge in [0.25, 0.3) is 0 Å². The molecule has 2 rings (SSSR count). The standard InChI is InChI=1S/C22H30F3N3O.C9H13N.C2H6/c1-7-9-12-15-28(6)18(5)16(3)21(26-8-2)27-17(4)19-13-10-11-14-20(19)29-22(23,24)25;1-3-8-5-6-9(4-2)10-7-8;1-2/h8,10-11,13-14,26H,2,5,7,9,12,15H2,1,3-4,6H3;5-7H,3-4H2,1-2H3;1-2H3/b21-16+,27-17+;;. The van der Waals surface area contributed by atoms with Crippen LogP contribution in [-0.2, 0) is 12.8 Å². The van der Waals surface area contributed by atoms with Crippen LogP contribution in [0.3, 0.4) is 0 Å².